The number of nitrogens with one attached hydrogen (secondary N) is 1. The van der Waals surface area contributed by atoms with Crippen LogP contribution in [0.2, 0.25) is 5.02 Å². The quantitative estimate of drug-likeness (QED) is 0.361. The summed E-state index contributed by atoms with van der Waals surface area (Å²) in [4.78, 5) is 9.06. The van der Waals surface area contributed by atoms with Gasteiger partial charge in [0.05, 0.1) is 13.2 Å². The minimum absolute atomic E-state index is 0.569. The molecule has 0 unspecified atom stereocenters. The number of hydroxylamine groups is 1. The molecule has 4 nitrogen and oxygen atoms in total. The van der Waals surface area contributed by atoms with Crippen LogP contribution in [0.3, 0.4) is 0 Å². The van der Waals surface area contributed by atoms with Crippen molar-refractivity contribution in [2.75, 3.05) is 13.2 Å². The lowest BCUT2D eigenvalue weighted by Crippen LogP contribution is -2.10. The smallest absolute Gasteiger partial charge is 0.145 e. The lowest BCUT2D eigenvalue weighted by Gasteiger charge is -2.06. The highest BCUT2D eigenvalue weighted by Crippen LogP contribution is 2.30. The second-order valence-corrected chi connectivity index (χ2v) is 3.29. The number of ether oxygens (including phenoxy) is 1. The summed E-state index contributed by atoms with van der Waals surface area (Å²) in [5.41, 5.74) is 3.25. The topological polar surface area (TPSA) is 42.8 Å². The highest BCUT2D eigenvalue weighted by atomic mass is 35.5. The molecule has 1 N–H and O–H groups in total. The first-order valence-corrected chi connectivity index (χ1v) is 5.48. The van der Waals surface area contributed by atoms with E-state index in [2.05, 4.69) is 10.5 Å². The van der Waals surface area contributed by atoms with Gasteiger partial charge >= 0.3 is 0 Å². The predicted octanol–water partition coefficient (Wildman–Crippen LogP) is 2.94. The Kier molecular flexibility index (Phi) is 5.67. The minimum atomic E-state index is 0.569. The molecule has 88 valence electrons. The number of hydrogen-bond acceptors (Lipinski definition) is 3. The minimum Gasteiger partial charge on any atom is -0.492 e. The summed E-state index contributed by atoms with van der Waals surface area (Å²) in [5.74, 6) is 0.696. The van der Waals surface area contributed by atoms with Gasteiger partial charge in [-0.3, -0.25) is 10.3 Å². The van der Waals surface area contributed by atoms with Crippen LogP contribution >= 0.6 is 11.6 Å². The molecule has 0 aliphatic carbocycles. The third kappa shape index (κ3) is 4.08. The maximum absolute atomic E-state index is 5.88. The van der Waals surface area contributed by atoms with Crippen molar-refractivity contribution in [3.8, 4) is 5.75 Å². The zero-order valence-corrected chi connectivity index (χ0v) is 10.1. The van der Waals surface area contributed by atoms with E-state index in [9.17, 15) is 0 Å². The molecule has 0 radical (unpaired) electrons. The molecule has 0 fully saturated rings. The van der Waals surface area contributed by atoms with Gasteiger partial charge in [-0.2, -0.15) is 0 Å². The molecule has 0 amide bonds. The maximum Gasteiger partial charge on any atom is 0.145 e. The van der Waals surface area contributed by atoms with E-state index in [4.69, 9.17) is 21.2 Å². The Morgan fingerprint density at radius 3 is 2.88 bits per heavy atom. The van der Waals surface area contributed by atoms with Gasteiger partial charge < -0.3 is 4.74 Å². The number of rotatable bonds is 6. The third-order valence-electron chi connectivity index (χ3n) is 1.70. The van der Waals surface area contributed by atoms with E-state index in [1.165, 1.54) is 6.34 Å². The lowest BCUT2D eigenvalue weighted by atomic mass is 10.3. The Labute approximate surface area is 100 Å². The van der Waals surface area contributed by atoms with Crippen molar-refractivity contribution in [1.82, 2.24) is 5.48 Å². The fourth-order valence-electron chi connectivity index (χ4n) is 1.09. The van der Waals surface area contributed by atoms with Crippen LogP contribution in [0.25, 0.3) is 0 Å². The second kappa shape index (κ2) is 7.09. The number of nitrogens with zero attached hydrogens (tertiary/aromatic N) is 1. The molecule has 0 aromatic heterocycles. The molecule has 1 aromatic carbocycles. The van der Waals surface area contributed by atoms with Crippen LogP contribution < -0.4 is 10.2 Å². The van der Waals surface area contributed by atoms with E-state index in [0.717, 1.165) is 0 Å². The summed E-state index contributed by atoms with van der Waals surface area (Å²) < 4.78 is 5.41. The van der Waals surface area contributed by atoms with Crippen LogP contribution in [0, 0.1) is 0 Å². The van der Waals surface area contributed by atoms with Crippen molar-refractivity contribution in [2.45, 2.75) is 13.8 Å². The molecule has 0 saturated carbocycles. The first-order valence-electron chi connectivity index (χ1n) is 5.10. The molecule has 0 aliphatic heterocycles. The van der Waals surface area contributed by atoms with Crippen molar-refractivity contribution in [3.63, 3.8) is 0 Å². The Morgan fingerprint density at radius 2 is 2.19 bits per heavy atom. The highest BCUT2D eigenvalue weighted by molar-refractivity contribution is 6.30. The van der Waals surface area contributed by atoms with Gasteiger partial charge in [-0.05, 0) is 32.0 Å². The van der Waals surface area contributed by atoms with E-state index in [1.54, 1.807) is 18.2 Å². The van der Waals surface area contributed by atoms with E-state index >= 15 is 0 Å². The fraction of sp³-hybridized carbons (Fsp3) is 0.364. The van der Waals surface area contributed by atoms with Crippen molar-refractivity contribution >= 4 is 23.6 Å². The van der Waals surface area contributed by atoms with Crippen LogP contribution in [0.1, 0.15) is 13.8 Å². The molecular weight excluding hydrogens is 228 g/mol. The molecule has 0 aliphatic rings. The number of hydrogen-bond donors (Lipinski definition) is 1. The first kappa shape index (κ1) is 12.8. The van der Waals surface area contributed by atoms with E-state index < -0.39 is 0 Å². The van der Waals surface area contributed by atoms with Crippen LogP contribution in [0.15, 0.2) is 23.2 Å². The van der Waals surface area contributed by atoms with E-state index in [1.807, 2.05) is 13.8 Å². The van der Waals surface area contributed by atoms with Crippen molar-refractivity contribution < 1.29 is 9.57 Å². The first-order chi connectivity index (χ1) is 7.77. The molecule has 5 heteroatoms. The van der Waals surface area contributed by atoms with Crippen molar-refractivity contribution in [3.05, 3.63) is 23.2 Å². The molecule has 0 heterocycles. The van der Waals surface area contributed by atoms with Gasteiger partial charge in [0.15, 0.2) is 0 Å². The lowest BCUT2D eigenvalue weighted by molar-refractivity contribution is 0.100. The Balaban J connectivity index is 2.75. The highest BCUT2D eigenvalue weighted by Gasteiger charge is 2.01. The van der Waals surface area contributed by atoms with E-state index in [0.29, 0.717) is 29.7 Å². The number of aliphatic imine (C=N–C) groups is 1. The Bertz CT molecular complexity index is 356. The summed E-state index contributed by atoms with van der Waals surface area (Å²) in [6.45, 7) is 4.95. The zero-order chi connectivity index (χ0) is 11.8. The van der Waals surface area contributed by atoms with Gasteiger partial charge in [-0.15, -0.1) is 0 Å². The zero-order valence-electron chi connectivity index (χ0n) is 9.37. The monoisotopic (exact) mass is 242 g/mol. The molecule has 0 spiro atoms. The van der Waals surface area contributed by atoms with Gasteiger partial charge in [-0.1, -0.05) is 11.6 Å². The summed E-state index contributed by atoms with van der Waals surface area (Å²) in [6, 6.07) is 5.29. The van der Waals surface area contributed by atoms with Gasteiger partial charge in [-0.25, -0.2) is 4.99 Å². The molecule has 0 atom stereocenters. The molecule has 0 saturated heterocycles. The van der Waals surface area contributed by atoms with Gasteiger partial charge in [0.2, 0.25) is 0 Å². The number of benzene rings is 1. The number of halogens is 1. The molecule has 1 aromatic rings. The van der Waals surface area contributed by atoms with Crippen LogP contribution in [-0.2, 0) is 4.84 Å². The van der Waals surface area contributed by atoms with Gasteiger partial charge in [0, 0.05) is 5.02 Å². The summed E-state index contributed by atoms with van der Waals surface area (Å²) >= 11 is 5.88. The van der Waals surface area contributed by atoms with Crippen molar-refractivity contribution in [2.24, 2.45) is 4.99 Å². The summed E-state index contributed by atoms with van der Waals surface area (Å²) in [5, 5.41) is 0.618. The second-order valence-electron chi connectivity index (χ2n) is 2.85. The van der Waals surface area contributed by atoms with E-state index in [-0.39, 0.29) is 0 Å². The van der Waals surface area contributed by atoms with Crippen molar-refractivity contribution in [1.29, 1.82) is 0 Å². The molecular formula is C11H15ClN2O2. The van der Waals surface area contributed by atoms with Crippen LogP contribution in [-0.4, -0.2) is 19.6 Å². The Morgan fingerprint density at radius 1 is 1.38 bits per heavy atom. The summed E-state index contributed by atoms with van der Waals surface area (Å²) in [6.07, 6.45) is 1.46. The largest absolute Gasteiger partial charge is 0.492 e. The van der Waals surface area contributed by atoms with Crippen LogP contribution in [0.5, 0.6) is 5.75 Å². The van der Waals surface area contributed by atoms with Gasteiger partial charge in [0.25, 0.3) is 0 Å². The summed E-state index contributed by atoms with van der Waals surface area (Å²) in [7, 11) is 0. The molecule has 16 heavy (non-hydrogen) atoms. The normalized spacial score (nSPS) is 10.7. The standard InChI is InChI=1S/C11H15ClN2O2/c1-3-15-11-6-5-9(12)7-10(11)13-8-14-16-4-2/h5-8H,3-4H2,1-2H3,(H,13,14). The molecule has 0 bridgehead atoms. The SMILES string of the molecule is CCONC=Nc1cc(Cl)ccc1OCC. The average Bonchev–Trinajstić information content (AvgIpc) is 2.28. The molecule has 1 rings (SSSR count). The Hall–Kier alpha value is -1.26. The maximum atomic E-state index is 5.88. The average molecular weight is 243 g/mol. The third-order valence-corrected chi connectivity index (χ3v) is 1.94. The fourth-order valence-corrected chi connectivity index (χ4v) is 1.25. The van der Waals surface area contributed by atoms with Gasteiger partial charge in [0.1, 0.15) is 17.8 Å². The van der Waals surface area contributed by atoms with Crippen LogP contribution in [0.4, 0.5) is 5.69 Å². The predicted molar refractivity (Wildman–Crippen MR) is 65.5 cm³/mol.